The summed E-state index contributed by atoms with van der Waals surface area (Å²) >= 11 is 24.3. The maximum atomic E-state index is 13.3. The molecule has 24 heteroatoms. The van der Waals surface area contributed by atoms with E-state index in [4.69, 9.17) is 62.6 Å². The number of hydrogen-bond donors (Lipinski definition) is 6. The van der Waals surface area contributed by atoms with Crippen molar-refractivity contribution < 1.29 is 33.2 Å². The van der Waals surface area contributed by atoms with Crippen LogP contribution < -0.4 is 33.0 Å². The van der Waals surface area contributed by atoms with Gasteiger partial charge in [0.25, 0.3) is 11.4 Å². The normalized spacial score (nSPS) is 11.6. The van der Waals surface area contributed by atoms with Crippen LogP contribution in [0.5, 0.6) is 0 Å². The Balaban J connectivity index is 0.000000239. The Kier molecular flexibility index (Phi) is 18.7. The molecule has 1 unspecified atom stereocenters. The maximum absolute atomic E-state index is 13.3. The fourth-order valence-corrected chi connectivity index (χ4v) is 8.11. The van der Waals surface area contributed by atoms with Crippen molar-refractivity contribution in [2.24, 2.45) is 11.8 Å². The quantitative estimate of drug-likeness (QED) is 0.0287. The smallest absolute Gasteiger partial charge is 0.412 e. The lowest BCUT2D eigenvalue weighted by Crippen LogP contribution is -2.27. The largest absolute Gasteiger partial charge is 0.444 e. The molecule has 8 N–H and O–H groups in total. The molecule has 0 aliphatic carbocycles. The SMILES string of the molecule is CC(C)(C)OC(=O)Nc1ccc(N)c(Cl)c1.CC(C)CC(=O)c1c(Nc2ccc(N)cc2Cl)[nH]c2c(Cl)ccc([N+](=O)[O-])c2c1=O.CC(C)CC(=O)c1c(S(C)=O)[nH]c2c(Cl)ccc([N+](=O)[O-])c2c1=O. The Hall–Kier alpha value is -6.58. The Labute approximate surface area is 422 Å². The number of nitrogens with two attached hydrogens (primary N) is 2. The molecule has 0 aliphatic heterocycles. The predicted molar refractivity (Wildman–Crippen MR) is 277 cm³/mol. The fraction of sp³-hybridized carbons (Fsp3) is 0.283. The van der Waals surface area contributed by atoms with E-state index >= 15 is 0 Å². The third-order valence-corrected chi connectivity index (χ3v) is 11.6. The molecule has 2 aromatic heterocycles. The number of rotatable bonds is 12. The number of pyridine rings is 2. The molecule has 0 saturated carbocycles. The molecule has 6 rings (SSSR count). The summed E-state index contributed by atoms with van der Waals surface area (Å²) in [4.78, 5) is 89.8. The third-order valence-electron chi connectivity index (χ3n) is 9.46. The Morgan fingerprint density at radius 3 is 1.69 bits per heavy atom. The minimum Gasteiger partial charge on any atom is -0.444 e. The average Bonchev–Trinajstić information content (AvgIpc) is 3.22. The fourth-order valence-electron chi connectivity index (χ4n) is 6.54. The molecule has 2 heterocycles. The molecule has 19 nitrogen and oxygen atoms in total. The second kappa shape index (κ2) is 23.4. The Bertz CT molecular complexity index is 3210. The highest BCUT2D eigenvalue weighted by molar-refractivity contribution is 7.84. The zero-order valence-corrected chi connectivity index (χ0v) is 42.6. The number of ketones is 2. The molecule has 0 bridgehead atoms. The number of fused-ring (bicyclic) bond motifs is 2. The number of nitrogens with zero attached hydrogens (tertiary/aromatic N) is 2. The lowest BCUT2D eigenvalue weighted by Gasteiger charge is -2.19. The van der Waals surface area contributed by atoms with Crippen LogP contribution in [0.1, 0.15) is 82.0 Å². The number of Topliss-reactive ketones (excluding diaryl/α,β-unsaturated/α-hetero) is 2. The summed E-state index contributed by atoms with van der Waals surface area (Å²) in [7, 11) is -1.67. The van der Waals surface area contributed by atoms with Gasteiger partial charge in [0.15, 0.2) is 11.6 Å². The minimum absolute atomic E-state index is 0.00200. The van der Waals surface area contributed by atoms with Crippen LogP contribution >= 0.6 is 46.4 Å². The molecule has 0 aliphatic rings. The second-order valence-corrected chi connectivity index (χ2v) is 20.2. The van der Waals surface area contributed by atoms with Gasteiger partial charge in [-0.3, -0.25) is 48.9 Å². The van der Waals surface area contributed by atoms with Gasteiger partial charge in [-0.1, -0.05) is 74.1 Å². The van der Waals surface area contributed by atoms with Crippen molar-refractivity contribution in [1.29, 1.82) is 0 Å². The van der Waals surface area contributed by atoms with Gasteiger partial charge in [0.2, 0.25) is 10.9 Å². The van der Waals surface area contributed by atoms with Crippen molar-refractivity contribution in [1.82, 2.24) is 9.97 Å². The molecule has 1 atom stereocenters. The van der Waals surface area contributed by atoms with Gasteiger partial charge in [-0.15, -0.1) is 0 Å². The zero-order valence-electron chi connectivity index (χ0n) is 38.8. The minimum atomic E-state index is -1.67. The van der Waals surface area contributed by atoms with E-state index in [0.717, 1.165) is 12.1 Å². The average molecular weight is 1060 g/mol. The number of nitro groups is 2. The monoisotopic (exact) mass is 1060 g/mol. The van der Waals surface area contributed by atoms with Gasteiger partial charge in [-0.05, 0) is 81.1 Å². The van der Waals surface area contributed by atoms with Gasteiger partial charge < -0.3 is 31.5 Å². The number of nitrogens with one attached hydrogen (secondary N) is 4. The number of nitrogen functional groups attached to an aromatic ring is 2. The van der Waals surface area contributed by atoms with Crippen molar-refractivity contribution in [2.75, 3.05) is 28.4 Å². The molecule has 0 fully saturated rings. The van der Waals surface area contributed by atoms with Crippen LogP contribution in [0, 0.1) is 32.1 Å². The molecule has 372 valence electrons. The van der Waals surface area contributed by atoms with Gasteiger partial charge in [-0.25, -0.2) is 4.79 Å². The van der Waals surface area contributed by atoms with Crippen LogP contribution in [0.4, 0.5) is 44.7 Å². The molecular weight excluding hydrogens is 1010 g/mol. The number of hydrogen-bond acceptors (Lipinski definition) is 14. The van der Waals surface area contributed by atoms with Crippen LogP contribution in [0.25, 0.3) is 21.8 Å². The summed E-state index contributed by atoms with van der Waals surface area (Å²) in [6.45, 7) is 12.6. The van der Waals surface area contributed by atoms with E-state index in [2.05, 4.69) is 20.6 Å². The first-order chi connectivity index (χ1) is 32.5. The number of aromatic amines is 2. The summed E-state index contributed by atoms with van der Waals surface area (Å²) in [5.41, 5.74) is 9.60. The number of carbonyl (C=O) groups is 3. The van der Waals surface area contributed by atoms with Gasteiger partial charge in [-0.2, -0.15) is 0 Å². The molecular formula is C46H48Cl4N8O11S. The van der Waals surface area contributed by atoms with E-state index < -0.39 is 66.1 Å². The van der Waals surface area contributed by atoms with Crippen molar-refractivity contribution in [3.05, 3.63) is 133 Å². The summed E-state index contributed by atoms with van der Waals surface area (Å²) in [6.07, 6.45) is 0.933. The lowest BCUT2D eigenvalue weighted by atomic mass is 9.99. The van der Waals surface area contributed by atoms with Gasteiger partial charge in [0, 0.05) is 42.6 Å². The third kappa shape index (κ3) is 14.0. The lowest BCUT2D eigenvalue weighted by molar-refractivity contribution is -0.383. The Morgan fingerprint density at radius 2 is 1.23 bits per heavy atom. The summed E-state index contributed by atoms with van der Waals surface area (Å²) in [5.74, 6) is -0.980. The van der Waals surface area contributed by atoms with Gasteiger partial charge in [0.1, 0.15) is 32.8 Å². The molecule has 6 aromatic rings. The van der Waals surface area contributed by atoms with E-state index in [1.54, 1.807) is 65.0 Å². The molecule has 4 aromatic carbocycles. The van der Waals surface area contributed by atoms with Gasteiger partial charge >= 0.3 is 6.09 Å². The van der Waals surface area contributed by atoms with E-state index in [9.17, 15) is 48.4 Å². The number of nitro benzene ring substituents is 2. The van der Waals surface area contributed by atoms with Crippen LogP contribution in [-0.2, 0) is 15.5 Å². The molecule has 0 spiro atoms. The van der Waals surface area contributed by atoms with Crippen LogP contribution in [0.2, 0.25) is 20.1 Å². The number of non-ortho nitro benzene ring substituents is 2. The number of carbonyl (C=O) groups excluding carboxylic acids is 3. The first kappa shape index (κ1) is 56.0. The van der Waals surface area contributed by atoms with Crippen LogP contribution in [-0.4, -0.2) is 53.5 Å². The maximum Gasteiger partial charge on any atom is 0.412 e. The highest BCUT2D eigenvalue weighted by Gasteiger charge is 2.29. The summed E-state index contributed by atoms with van der Waals surface area (Å²) in [5, 5.41) is 28.4. The van der Waals surface area contributed by atoms with Crippen molar-refractivity contribution in [2.45, 2.75) is 71.9 Å². The molecule has 0 saturated heterocycles. The Morgan fingerprint density at radius 1 is 0.729 bits per heavy atom. The predicted octanol–water partition coefficient (Wildman–Crippen LogP) is 11.6. The van der Waals surface area contributed by atoms with E-state index in [-0.39, 0.29) is 83.5 Å². The number of anilines is 5. The number of H-pyrrole nitrogens is 2. The number of halogens is 4. The van der Waals surface area contributed by atoms with E-state index in [1.807, 2.05) is 13.8 Å². The van der Waals surface area contributed by atoms with Crippen molar-refractivity contribution in [3.63, 3.8) is 0 Å². The van der Waals surface area contributed by atoms with Crippen LogP contribution in [0.3, 0.4) is 0 Å². The number of aromatic nitrogens is 2. The van der Waals surface area contributed by atoms with Crippen molar-refractivity contribution >= 4 is 137 Å². The first-order valence-corrected chi connectivity index (χ1v) is 23.9. The van der Waals surface area contributed by atoms with Gasteiger partial charge in [0.05, 0.1) is 68.7 Å². The summed E-state index contributed by atoms with van der Waals surface area (Å²) < 4.78 is 17.1. The highest BCUT2D eigenvalue weighted by atomic mass is 35.5. The number of ether oxygens (including phenoxy) is 1. The van der Waals surface area contributed by atoms with E-state index in [1.165, 1.54) is 24.5 Å². The standard InChI is InChI=1S/C20H18Cl2N4O4.C15H15ClN2O5S.C11H15ClN2O2/c1-9(2)7-15(27)17-19(28)16-14(26(29)30)6-4-11(21)18(16)25-20(17)24-13-5-3-10(23)8-12(13)22;1-7(2)6-10(19)12-14(20)11-9(18(21)22)5-4-8(16)13(11)17-15(12)24(3)23;1-11(2,3)16-10(15)14-7-4-5-9(13)8(12)6-7/h3-6,8-9H,7,23H2,1-2H3,(H2,24,25,28);4-5,7H,6H2,1-3H3,(H,17,20);4-6H,13H2,1-3H3,(H,14,15). The number of benzene rings is 4. The molecule has 0 radical (unpaired) electrons. The van der Waals surface area contributed by atoms with Crippen molar-refractivity contribution in [3.8, 4) is 0 Å². The van der Waals surface area contributed by atoms with Crippen LogP contribution in [0.15, 0.2) is 75.3 Å². The molecule has 70 heavy (non-hydrogen) atoms. The highest BCUT2D eigenvalue weighted by Crippen LogP contribution is 2.34. The second-order valence-electron chi connectivity index (χ2n) is 17.2. The zero-order chi connectivity index (χ0) is 52.7. The molecule has 1 amide bonds. The summed E-state index contributed by atoms with van der Waals surface area (Å²) in [6, 6.07) is 14.4. The van der Waals surface area contributed by atoms with E-state index in [0.29, 0.717) is 27.8 Å². The number of amides is 1. The topological polar surface area (TPSA) is 306 Å². The first-order valence-electron chi connectivity index (χ1n) is 20.8.